The van der Waals surface area contributed by atoms with Crippen LogP contribution in [0.25, 0.3) is 0 Å². The first-order valence-corrected chi connectivity index (χ1v) is 7.07. The third-order valence-corrected chi connectivity index (χ3v) is 4.50. The quantitative estimate of drug-likeness (QED) is 0.601. The maximum absolute atomic E-state index is 11.0. The number of aliphatic imine (C=N–C) groups is 1. The summed E-state index contributed by atoms with van der Waals surface area (Å²) in [5.41, 5.74) is 2.26. The molecule has 100 valence electrons. The Balaban J connectivity index is 1.93. The molecule has 0 aliphatic carbocycles. The third kappa shape index (κ3) is 2.20. The summed E-state index contributed by atoms with van der Waals surface area (Å²) in [4.78, 5) is 15.9. The van der Waals surface area contributed by atoms with Gasteiger partial charge in [0.15, 0.2) is 0 Å². The monoisotopic (exact) mass is 284 g/mol. The Morgan fingerprint density at radius 2 is 1.85 bits per heavy atom. The van der Waals surface area contributed by atoms with Crippen LogP contribution in [0, 0.1) is 10.1 Å². The molecule has 1 atom stereocenters. The molecule has 4 nitrogen and oxygen atoms in total. The molecule has 1 aliphatic heterocycles. The minimum absolute atomic E-state index is 0.128. The predicted octanol–water partition coefficient (Wildman–Crippen LogP) is 4.53. The molecule has 2 aromatic carbocycles. The number of thioether (sulfide) groups is 1. The van der Waals surface area contributed by atoms with Crippen LogP contribution in [0.15, 0.2) is 58.4 Å². The van der Waals surface area contributed by atoms with Gasteiger partial charge >= 0.3 is 0 Å². The molecule has 1 heterocycles. The minimum Gasteiger partial charge on any atom is -0.258 e. The van der Waals surface area contributed by atoms with Gasteiger partial charge in [0.25, 0.3) is 5.69 Å². The van der Waals surface area contributed by atoms with Crippen LogP contribution in [0.5, 0.6) is 0 Å². The van der Waals surface area contributed by atoms with Crippen molar-refractivity contribution >= 4 is 28.2 Å². The number of nitrogens with zero attached hydrogens (tertiary/aromatic N) is 2. The topological polar surface area (TPSA) is 55.5 Å². The molecule has 0 aromatic heterocycles. The van der Waals surface area contributed by atoms with E-state index in [4.69, 9.17) is 0 Å². The summed E-state index contributed by atoms with van der Waals surface area (Å²) in [5, 5.41) is 12.0. The van der Waals surface area contributed by atoms with E-state index in [9.17, 15) is 10.1 Å². The van der Waals surface area contributed by atoms with Gasteiger partial charge in [-0.05, 0) is 17.7 Å². The smallest absolute Gasteiger partial charge is 0.258 e. The highest BCUT2D eigenvalue weighted by atomic mass is 32.2. The normalized spacial score (nSPS) is 16.6. The van der Waals surface area contributed by atoms with Gasteiger partial charge in [0.2, 0.25) is 0 Å². The third-order valence-electron chi connectivity index (χ3n) is 3.28. The fraction of sp³-hybridized carbons (Fsp3) is 0.133. The second-order valence-electron chi connectivity index (χ2n) is 4.56. The number of benzene rings is 2. The fourth-order valence-electron chi connectivity index (χ4n) is 2.22. The van der Waals surface area contributed by atoms with E-state index < -0.39 is 0 Å². The summed E-state index contributed by atoms with van der Waals surface area (Å²) in [6.07, 6.45) is 0. The SMILES string of the molecule is CC1C(Sc2ccccc2[N+](=O)[O-])=Nc2ccccc21. The lowest BCUT2D eigenvalue weighted by molar-refractivity contribution is -0.387. The Bertz CT molecular complexity index is 713. The molecule has 1 unspecified atom stereocenters. The molecule has 0 spiro atoms. The number of nitro groups is 1. The molecule has 0 N–H and O–H groups in total. The average molecular weight is 284 g/mol. The van der Waals surface area contributed by atoms with Crippen molar-refractivity contribution < 1.29 is 4.92 Å². The second kappa shape index (κ2) is 5.09. The van der Waals surface area contributed by atoms with Crippen LogP contribution < -0.4 is 0 Å². The van der Waals surface area contributed by atoms with Crippen molar-refractivity contribution in [1.82, 2.24) is 0 Å². The highest BCUT2D eigenvalue weighted by Gasteiger charge is 2.25. The van der Waals surface area contributed by atoms with E-state index in [1.807, 2.05) is 24.3 Å². The summed E-state index contributed by atoms with van der Waals surface area (Å²) in [6.45, 7) is 2.08. The van der Waals surface area contributed by atoms with Crippen LogP contribution in [0.2, 0.25) is 0 Å². The van der Waals surface area contributed by atoms with Crippen LogP contribution in [0.3, 0.4) is 0 Å². The number of para-hydroxylation sites is 2. The molecule has 1 aliphatic rings. The van der Waals surface area contributed by atoms with Crippen LogP contribution in [-0.4, -0.2) is 9.97 Å². The van der Waals surface area contributed by atoms with Crippen molar-refractivity contribution in [3.63, 3.8) is 0 Å². The van der Waals surface area contributed by atoms with E-state index in [2.05, 4.69) is 18.0 Å². The Labute approximate surface area is 120 Å². The zero-order chi connectivity index (χ0) is 14.1. The van der Waals surface area contributed by atoms with Crippen molar-refractivity contribution in [3.8, 4) is 0 Å². The van der Waals surface area contributed by atoms with Gasteiger partial charge < -0.3 is 0 Å². The second-order valence-corrected chi connectivity index (χ2v) is 5.62. The van der Waals surface area contributed by atoms with Gasteiger partial charge in [0.1, 0.15) is 0 Å². The zero-order valence-electron chi connectivity index (χ0n) is 10.8. The van der Waals surface area contributed by atoms with E-state index in [-0.39, 0.29) is 16.5 Å². The van der Waals surface area contributed by atoms with Gasteiger partial charge in [-0.2, -0.15) is 0 Å². The molecule has 20 heavy (non-hydrogen) atoms. The van der Waals surface area contributed by atoms with Gasteiger partial charge in [0, 0.05) is 12.0 Å². The van der Waals surface area contributed by atoms with Crippen LogP contribution in [0.1, 0.15) is 18.4 Å². The summed E-state index contributed by atoms with van der Waals surface area (Å²) in [7, 11) is 0. The zero-order valence-corrected chi connectivity index (χ0v) is 11.6. The molecular weight excluding hydrogens is 272 g/mol. The van der Waals surface area contributed by atoms with E-state index in [0.717, 1.165) is 10.7 Å². The standard InChI is InChI=1S/C15H12N2O2S/c1-10-11-6-2-3-7-12(11)16-15(10)20-14-9-5-4-8-13(14)17(18)19/h2-10H,1H3. The highest BCUT2D eigenvalue weighted by Crippen LogP contribution is 2.42. The van der Waals surface area contributed by atoms with Crippen molar-refractivity contribution in [2.24, 2.45) is 4.99 Å². The molecule has 0 saturated carbocycles. The average Bonchev–Trinajstić information content (AvgIpc) is 2.76. The lowest BCUT2D eigenvalue weighted by Gasteiger charge is -2.08. The molecule has 0 amide bonds. The summed E-state index contributed by atoms with van der Waals surface area (Å²) in [5.74, 6) is 0.177. The Morgan fingerprint density at radius 3 is 2.60 bits per heavy atom. The van der Waals surface area contributed by atoms with E-state index in [1.54, 1.807) is 12.1 Å². The van der Waals surface area contributed by atoms with Crippen molar-refractivity contribution in [2.75, 3.05) is 0 Å². The number of rotatable bonds is 2. The van der Waals surface area contributed by atoms with Gasteiger partial charge in [-0.3, -0.25) is 10.1 Å². The first-order valence-electron chi connectivity index (χ1n) is 6.25. The largest absolute Gasteiger partial charge is 0.283 e. The number of fused-ring (bicyclic) bond motifs is 1. The first-order chi connectivity index (χ1) is 9.66. The molecule has 5 heteroatoms. The van der Waals surface area contributed by atoms with Gasteiger partial charge in [-0.1, -0.05) is 49.0 Å². The molecule has 2 aromatic rings. The van der Waals surface area contributed by atoms with Crippen LogP contribution in [-0.2, 0) is 0 Å². The molecular formula is C15H12N2O2S. The summed E-state index contributed by atoms with van der Waals surface area (Å²) < 4.78 is 0. The van der Waals surface area contributed by atoms with Crippen LogP contribution in [0.4, 0.5) is 11.4 Å². The lowest BCUT2D eigenvalue weighted by Crippen LogP contribution is -2.00. The molecule has 0 saturated heterocycles. The highest BCUT2D eigenvalue weighted by molar-refractivity contribution is 8.14. The lowest BCUT2D eigenvalue weighted by atomic mass is 10.0. The number of hydrogen-bond acceptors (Lipinski definition) is 4. The van der Waals surface area contributed by atoms with Crippen LogP contribution >= 0.6 is 11.8 Å². The molecule has 3 rings (SSSR count). The molecule has 0 fully saturated rings. The van der Waals surface area contributed by atoms with E-state index in [0.29, 0.717) is 4.90 Å². The predicted molar refractivity (Wildman–Crippen MR) is 80.9 cm³/mol. The summed E-state index contributed by atoms with van der Waals surface area (Å²) in [6, 6.07) is 14.7. The van der Waals surface area contributed by atoms with Gasteiger partial charge in [-0.15, -0.1) is 0 Å². The minimum atomic E-state index is -0.352. The number of hydrogen-bond donors (Lipinski definition) is 0. The number of nitro benzene ring substituents is 1. The Hall–Kier alpha value is -2.14. The maximum atomic E-state index is 11.0. The molecule has 0 bridgehead atoms. The van der Waals surface area contributed by atoms with E-state index in [1.165, 1.54) is 23.4 Å². The Morgan fingerprint density at radius 1 is 1.15 bits per heavy atom. The maximum Gasteiger partial charge on any atom is 0.283 e. The fourth-order valence-corrected chi connectivity index (χ4v) is 3.29. The molecule has 0 radical (unpaired) electrons. The van der Waals surface area contributed by atoms with Crippen molar-refractivity contribution in [1.29, 1.82) is 0 Å². The van der Waals surface area contributed by atoms with Gasteiger partial charge in [0.05, 0.1) is 20.5 Å². The summed E-state index contributed by atoms with van der Waals surface area (Å²) >= 11 is 1.38. The first kappa shape index (κ1) is 12.9. The van der Waals surface area contributed by atoms with E-state index >= 15 is 0 Å². The Kier molecular flexibility index (Phi) is 3.28. The van der Waals surface area contributed by atoms with Crippen molar-refractivity contribution in [3.05, 3.63) is 64.2 Å². The van der Waals surface area contributed by atoms with Crippen molar-refractivity contribution in [2.45, 2.75) is 17.7 Å². The van der Waals surface area contributed by atoms with Gasteiger partial charge in [-0.25, -0.2) is 4.99 Å².